The second kappa shape index (κ2) is 18.1. The summed E-state index contributed by atoms with van der Waals surface area (Å²) in [5, 5.41) is 6.47. The Morgan fingerprint density at radius 2 is 1.71 bits per heavy atom. The fourth-order valence-electron chi connectivity index (χ4n) is 2.31. The van der Waals surface area contributed by atoms with Crippen LogP contribution in [0.25, 0.3) is 11.1 Å². The Bertz CT molecular complexity index is 924. The third-order valence-electron chi connectivity index (χ3n) is 4.07. The fourth-order valence-corrected chi connectivity index (χ4v) is 3.78. The number of hydrogen-bond acceptors (Lipinski definition) is 4. The Morgan fingerprint density at radius 1 is 1.03 bits per heavy atom. The summed E-state index contributed by atoms with van der Waals surface area (Å²) in [4.78, 5) is 3.50. The topological polar surface area (TPSA) is 12.5 Å². The molecule has 0 atom stereocenters. The van der Waals surface area contributed by atoms with E-state index in [1.807, 2.05) is 19.1 Å². The molecule has 0 unspecified atom stereocenters. The minimum atomic E-state index is 0.500. The molecule has 3 aromatic rings. The van der Waals surface area contributed by atoms with Gasteiger partial charge in [0, 0.05) is 11.4 Å². The first-order chi connectivity index (χ1) is 16.1. The van der Waals surface area contributed by atoms with E-state index in [9.17, 15) is 0 Å². The van der Waals surface area contributed by atoms with Crippen molar-refractivity contribution >= 4 is 22.7 Å². The summed E-state index contributed by atoms with van der Waals surface area (Å²) in [6.45, 7) is 17.9. The molecule has 0 fully saturated rings. The lowest BCUT2D eigenvalue weighted by Crippen LogP contribution is -2.16. The van der Waals surface area contributed by atoms with Crippen molar-refractivity contribution in [2.45, 2.75) is 55.1 Å². The highest BCUT2D eigenvalue weighted by Gasteiger charge is 2.04. The Morgan fingerprint density at radius 3 is 2.24 bits per heavy atom. The summed E-state index contributed by atoms with van der Waals surface area (Å²) in [6, 6.07) is 12.5. The van der Waals surface area contributed by atoms with Crippen molar-refractivity contribution in [3.63, 3.8) is 0 Å². The Balaban J connectivity index is 0.000000607. The van der Waals surface area contributed by atoms with Crippen LogP contribution in [0.3, 0.4) is 0 Å². The molecule has 0 aliphatic carbocycles. The molecule has 0 N–H and O–H groups in total. The smallest absolute Gasteiger partial charge is 0.122 e. The van der Waals surface area contributed by atoms with E-state index in [1.54, 1.807) is 22.7 Å². The van der Waals surface area contributed by atoms with E-state index < -0.39 is 0 Å². The largest absolute Gasteiger partial charge is 0.488 e. The third-order valence-corrected chi connectivity index (χ3v) is 5.66. The summed E-state index contributed by atoms with van der Waals surface area (Å²) in [5.74, 6) is 0.936. The number of likely N-dealkylation sites (N-methyl/N-ethyl adjacent to an activating group) is 1. The van der Waals surface area contributed by atoms with E-state index in [0.717, 1.165) is 18.8 Å². The second-order valence-electron chi connectivity index (χ2n) is 9.34. The average Bonchev–Trinajstić information content (AvgIpc) is 3.49. The molecule has 2 heterocycles. The predicted molar refractivity (Wildman–Crippen MR) is 156 cm³/mol. The van der Waals surface area contributed by atoms with Crippen LogP contribution in [0.4, 0.5) is 0 Å². The monoisotopic (exact) mass is 497 g/mol. The van der Waals surface area contributed by atoms with Gasteiger partial charge in [0.1, 0.15) is 12.4 Å². The average molecular weight is 498 g/mol. The lowest BCUT2D eigenvalue weighted by Gasteiger charge is -2.08. The van der Waals surface area contributed by atoms with Gasteiger partial charge in [0.05, 0.1) is 0 Å². The first-order valence-electron chi connectivity index (χ1n) is 11.5. The molecule has 186 valence electrons. The van der Waals surface area contributed by atoms with E-state index in [2.05, 4.69) is 119 Å². The van der Waals surface area contributed by atoms with Gasteiger partial charge in [0.15, 0.2) is 0 Å². The van der Waals surface area contributed by atoms with Crippen LogP contribution in [0, 0.1) is 25.2 Å². The van der Waals surface area contributed by atoms with Gasteiger partial charge in [-0.3, -0.25) is 0 Å². The molecule has 2 aromatic heterocycles. The van der Waals surface area contributed by atoms with E-state index in [-0.39, 0.29) is 0 Å². The Kier molecular flexibility index (Phi) is 16.8. The zero-order valence-corrected chi connectivity index (χ0v) is 23.9. The van der Waals surface area contributed by atoms with Crippen molar-refractivity contribution in [2.75, 3.05) is 20.1 Å². The van der Waals surface area contributed by atoms with Gasteiger partial charge in [-0.1, -0.05) is 58.9 Å². The van der Waals surface area contributed by atoms with Crippen LogP contribution in [0.5, 0.6) is 5.75 Å². The number of allylic oxidation sites excluding steroid dienone is 1. The highest BCUT2D eigenvalue weighted by Crippen LogP contribution is 2.28. The van der Waals surface area contributed by atoms with Gasteiger partial charge in [-0.05, 0) is 90.0 Å². The van der Waals surface area contributed by atoms with Crippen LogP contribution in [0.1, 0.15) is 52.0 Å². The molecule has 2 nitrogen and oxygen atoms in total. The normalized spacial score (nSPS) is 10.4. The number of rotatable bonds is 7. The number of terminal acetylenes is 1. The van der Waals surface area contributed by atoms with Crippen LogP contribution >= 0.6 is 22.7 Å². The number of hydrogen-bond donors (Lipinski definition) is 0. The molecule has 4 heteroatoms. The summed E-state index contributed by atoms with van der Waals surface area (Å²) in [6.07, 6.45) is 12.2. The van der Waals surface area contributed by atoms with Gasteiger partial charge in [-0.2, -0.15) is 11.3 Å². The molecule has 0 saturated heterocycles. The molecule has 3 rings (SSSR count). The fraction of sp³-hybridized carbons (Fsp3) is 0.400. The molecule has 1 aromatic carbocycles. The first-order valence-corrected chi connectivity index (χ1v) is 13.4. The van der Waals surface area contributed by atoms with Crippen LogP contribution < -0.4 is 4.74 Å². The van der Waals surface area contributed by atoms with E-state index >= 15 is 0 Å². The molecule has 0 aliphatic heterocycles. The summed E-state index contributed by atoms with van der Waals surface area (Å²) < 4.78 is 5.82. The standard InChI is InChI=1S/C16H14OS2.C7H15N.C5H12.C2H2/c1-12-3-2-4-15(7-12)17-9-16-8-14(11-19-16)13-5-6-18-10-13;1-4-6-7-8(3)5-2;1-5(2,3)4;1-2/h2-8,10-11H,9H2,1H3;4,6H,5,7H2,1-3H3;1-4H3;1-2H/b;6-4+;;. The van der Waals surface area contributed by atoms with Crippen LogP contribution in [-0.2, 0) is 6.61 Å². The third kappa shape index (κ3) is 16.3. The zero-order chi connectivity index (χ0) is 26.0. The van der Waals surface area contributed by atoms with Gasteiger partial charge in [0.2, 0.25) is 0 Å². The van der Waals surface area contributed by atoms with Gasteiger partial charge < -0.3 is 9.64 Å². The molecule has 0 spiro atoms. The SMILES string of the molecule is C#C.C/C=C/CN(C)CC.CC(C)(C)C.Cc1cccc(OCc2cc(-c3ccsc3)cs2)c1. The Labute approximate surface area is 217 Å². The number of nitrogens with zero attached hydrogens (tertiary/aromatic N) is 1. The highest BCUT2D eigenvalue weighted by atomic mass is 32.1. The number of thiophene rings is 2. The summed E-state index contributed by atoms with van der Waals surface area (Å²) in [7, 11) is 2.11. The minimum absolute atomic E-state index is 0.500. The maximum absolute atomic E-state index is 5.82. The maximum Gasteiger partial charge on any atom is 0.122 e. The molecule has 0 bridgehead atoms. The van der Waals surface area contributed by atoms with Crippen molar-refractivity contribution in [3.05, 3.63) is 75.1 Å². The first kappa shape index (κ1) is 31.7. The van der Waals surface area contributed by atoms with Crippen molar-refractivity contribution in [2.24, 2.45) is 5.41 Å². The molecule has 0 radical (unpaired) electrons. The molecule has 0 aliphatic rings. The molecular weight excluding hydrogens is 454 g/mol. The van der Waals surface area contributed by atoms with Gasteiger partial charge >= 0.3 is 0 Å². The van der Waals surface area contributed by atoms with Gasteiger partial charge in [0.25, 0.3) is 0 Å². The highest BCUT2D eigenvalue weighted by molar-refractivity contribution is 7.10. The van der Waals surface area contributed by atoms with Crippen molar-refractivity contribution in [1.29, 1.82) is 0 Å². The van der Waals surface area contributed by atoms with Gasteiger partial charge in [-0.25, -0.2) is 0 Å². The van der Waals surface area contributed by atoms with E-state index in [0.29, 0.717) is 12.0 Å². The van der Waals surface area contributed by atoms with Crippen molar-refractivity contribution < 1.29 is 4.74 Å². The lowest BCUT2D eigenvalue weighted by molar-refractivity contribution is 0.309. The summed E-state index contributed by atoms with van der Waals surface area (Å²) in [5.41, 5.74) is 4.31. The van der Waals surface area contributed by atoms with Crippen LogP contribution in [0.15, 0.2) is 64.7 Å². The number of benzene rings is 1. The Hall–Kier alpha value is -2.32. The zero-order valence-electron chi connectivity index (χ0n) is 22.3. The maximum atomic E-state index is 5.82. The van der Waals surface area contributed by atoms with Crippen molar-refractivity contribution in [3.8, 4) is 29.7 Å². The molecular formula is C30H43NOS2. The quantitative estimate of drug-likeness (QED) is 0.238. The van der Waals surface area contributed by atoms with E-state index in [1.165, 1.54) is 21.6 Å². The summed E-state index contributed by atoms with van der Waals surface area (Å²) >= 11 is 3.48. The minimum Gasteiger partial charge on any atom is -0.488 e. The van der Waals surface area contributed by atoms with Crippen LogP contribution in [0.2, 0.25) is 0 Å². The molecule has 0 amide bonds. The van der Waals surface area contributed by atoms with Crippen molar-refractivity contribution in [1.82, 2.24) is 4.90 Å². The van der Waals surface area contributed by atoms with E-state index in [4.69, 9.17) is 4.74 Å². The second-order valence-corrected chi connectivity index (χ2v) is 11.1. The number of ether oxygens (including phenoxy) is 1. The van der Waals surface area contributed by atoms with Crippen LogP contribution in [-0.4, -0.2) is 25.0 Å². The predicted octanol–water partition coefficient (Wildman–Crippen LogP) is 9.18. The molecule has 0 saturated carbocycles. The number of aryl methyl sites for hydroxylation is 1. The molecule has 34 heavy (non-hydrogen) atoms. The lowest BCUT2D eigenvalue weighted by atomic mass is 10.0. The van der Waals surface area contributed by atoms with Gasteiger partial charge in [-0.15, -0.1) is 24.2 Å².